The van der Waals surface area contributed by atoms with E-state index in [0.717, 1.165) is 38.6 Å². The van der Waals surface area contributed by atoms with Crippen molar-refractivity contribution in [3.63, 3.8) is 0 Å². The number of likely N-dealkylation sites (tertiary alicyclic amines) is 1. The zero-order valence-electron chi connectivity index (χ0n) is 10.6. The Morgan fingerprint density at radius 2 is 1.94 bits per heavy atom. The van der Waals surface area contributed by atoms with Gasteiger partial charge in [0.15, 0.2) is 0 Å². The lowest BCUT2D eigenvalue weighted by atomic mass is 9.85. The van der Waals surface area contributed by atoms with Crippen molar-refractivity contribution >= 4 is 23.1 Å². The molecule has 1 atom stereocenters. The van der Waals surface area contributed by atoms with Gasteiger partial charge in [-0.25, -0.2) is 0 Å². The van der Waals surface area contributed by atoms with Crippen molar-refractivity contribution in [1.82, 2.24) is 4.90 Å². The molecule has 0 aromatic rings. The van der Waals surface area contributed by atoms with Gasteiger partial charge in [0.25, 0.3) is 0 Å². The van der Waals surface area contributed by atoms with Crippen molar-refractivity contribution in [2.24, 2.45) is 11.1 Å². The van der Waals surface area contributed by atoms with E-state index < -0.39 is 0 Å². The van der Waals surface area contributed by atoms with Crippen molar-refractivity contribution in [2.45, 2.75) is 57.9 Å². The summed E-state index contributed by atoms with van der Waals surface area (Å²) in [6, 6.07) is 0.00340. The Labute approximate surface area is 109 Å². The molecule has 17 heavy (non-hydrogen) atoms. The predicted molar refractivity (Wildman–Crippen MR) is 72.7 cm³/mol. The number of amides is 1. The van der Waals surface area contributed by atoms with E-state index in [1.54, 1.807) is 0 Å². The first-order valence-electron chi connectivity index (χ1n) is 6.65. The third kappa shape index (κ3) is 2.46. The van der Waals surface area contributed by atoms with E-state index in [1.807, 2.05) is 4.90 Å². The van der Waals surface area contributed by atoms with Gasteiger partial charge < -0.3 is 10.6 Å². The molecule has 2 N–H and O–H groups in total. The first-order chi connectivity index (χ1) is 8.04. The summed E-state index contributed by atoms with van der Waals surface area (Å²) in [6.45, 7) is 2.93. The highest BCUT2D eigenvalue weighted by Gasteiger charge is 2.42. The molecular formula is C13H22N2OS. The fourth-order valence-electron chi connectivity index (χ4n) is 3.19. The van der Waals surface area contributed by atoms with Gasteiger partial charge in [-0.1, -0.05) is 32.0 Å². The molecule has 1 heterocycles. The minimum Gasteiger partial charge on any atom is -0.392 e. The van der Waals surface area contributed by atoms with E-state index in [2.05, 4.69) is 6.92 Å². The SMILES string of the molecule is CC1(C(=O)N2CCCCC2C(N)=S)CCCC1. The molecule has 1 aliphatic heterocycles. The van der Waals surface area contributed by atoms with Crippen LogP contribution in [0.2, 0.25) is 0 Å². The molecule has 3 nitrogen and oxygen atoms in total. The first-order valence-corrected chi connectivity index (χ1v) is 7.06. The van der Waals surface area contributed by atoms with Gasteiger partial charge in [-0.2, -0.15) is 0 Å². The number of nitrogens with two attached hydrogens (primary N) is 1. The number of hydrogen-bond donors (Lipinski definition) is 1. The van der Waals surface area contributed by atoms with Crippen LogP contribution < -0.4 is 5.73 Å². The molecule has 0 aromatic heterocycles. The molecule has 2 aliphatic rings. The van der Waals surface area contributed by atoms with E-state index >= 15 is 0 Å². The van der Waals surface area contributed by atoms with Crippen LogP contribution in [0.5, 0.6) is 0 Å². The molecule has 1 saturated carbocycles. The van der Waals surface area contributed by atoms with Crippen LogP contribution in [0.15, 0.2) is 0 Å². The fourth-order valence-corrected chi connectivity index (χ4v) is 3.43. The van der Waals surface area contributed by atoms with Gasteiger partial charge in [0.2, 0.25) is 5.91 Å². The normalized spacial score (nSPS) is 28.1. The Bertz CT molecular complexity index is 323. The van der Waals surface area contributed by atoms with Crippen LogP contribution in [0, 0.1) is 5.41 Å². The fraction of sp³-hybridized carbons (Fsp3) is 0.846. The van der Waals surface area contributed by atoms with Crippen molar-refractivity contribution in [3.8, 4) is 0 Å². The molecule has 1 amide bonds. The molecule has 0 radical (unpaired) electrons. The van der Waals surface area contributed by atoms with Gasteiger partial charge in [-0.15, -0.1) is 0 Å². The Hall–Kier alpha value is -0.640. The van der Waals surface area contributed by atoms with Gasteiger partial charge in [-0.05, 0) is 32.1 Å². The lowest BCUT2D eigenvalue weighted by molar-refractivity contribution is -0.143. The summed E-state index contributed by atoms with van der Waals surface area (Å²) in [5.41, 5.74) is 5.62. The topological polar surface area (TPSA) is 46.3 Å². The monoisotopic (exact) mass is 254 g/mol. The van der Waals surface area contributed by atoms with Gasteiger partial charge in [0.1, 0.15) is 0 Å². The summed E-state index contributed by atoms with van der Waals surface area (Å²) in [7, 11) is 0. The zero-order valence-corrected chi connectivity index (χ0v) is 11.4. The maximum atomic E-state index is 12.6. The van der Waals surface area contributed by atoms with Crippen LogP contribution in [0.3, 0.4) is 0 Å². The number of nitrogens with zero attached hydrogens (tertiary/aromatic N) is 1. The molecular weight excluding hydrogens is 232 g/mol. The summed E-state index contributed by atoms with van der Waals surface area (Å²) in [4.78, 5) is 15.1. The predicted octanol–water partition coefficient (Wildman–Crippen LogP) is 2.23. The molecule has 1 unspecified atom stereocenters. The summed E-state index contributed by atoms with van der Waals surface area (Å²) in [5, 5.41) is 0. The molecule has 96 valence electrons. The molecule has 2 fully saturated rings. The summed E-state index contributed by atoms with van der Waals surface area (Å²) < 4.78 is 0. The summed E-state index contributed by atoms with van der Waals surface area (Å²) in [5.74, 6) is 0.285. The second-order valence-corrected chi connectivity index (χ2v) is 6.15. The molecule has 2 rings (SSSR count). The lowest BCUT2D eigenvalue weighted by Crippen LogP contribution is -2.53. The minimum atomic E-state index is -0.152. The number of piperidine rings is 1. The number of carbonyl (C=O) groups excluding carboxylic acids is 1. The van der Waals surface area contributed by atoms with Crippen LogP contribution in [0.1, 0.15) is 51.9 Å². The van der Waals surface area contributed by atoms with Gasteiger partial charge in [0.05, 0.1) is 11.0 Å². The van der Waals surface area contributed by atoms with Gasteiger partial charge >= 0.3 is 0 Å². The van der Waals surface area contributed by atoms with Crippen molar-refractivity contribution in [2.75, 3.05) is 6.54 Å². The average Bonchev–Trinajstić information content (AvgIpc) is 2.76. The maximum Gasteiger partial charge on any atom is 0.229 e. The second kappa shape index (κ2) is 4.92. The van der Waals surface area contributed by atoms with Crippen molar-refractivity contribution in [1.29, 1.82) is 0 Å². The Kier molecular flexibility index (Phi) is 3.71. The zero-order chi connectivity index (χ0) is 12.5. The second-order valence-electron chi connectivity index (χ2n) is 5.68. The Morgan fingerprint density at radius 1 is 1.29 bits per heavy atom. The summed E-state index contributed by atoms with van der Waals surface area (Å²) in [6.07, 6.45) is 7.54. The lowest BCUT2D eigenvalue weighted by Gasteiger charge is -2.39. The maximum absolute atomic E-state index is 12.6. The highest BCUT2D eigenvalue weighted by Crippen LogP contribution is 2.40. The molecule has 1 saturated heterocycles. The van der Waals surface area contributed by atoms with Crippen molar-refractivity contribution in [3.05, 3.63) is 0 Å². The van der Waals surface area contributed by atoms with Crippen LogP contribution in [-0.4, -0.2) is 28.4 Å². The van der Waals surface area contributed by atoms with Gasteiger partial charge in [-0.3, -0.25) is 4.79 Å². The standard InChI is InChI=1S/C13H22N2OS/c1-13(7-3-4-8-13)12(16)15-9-5-2-6-10(15)11(14)17/h10H,2-9H2,1H3,(H2,14,17). The number of carbonyl (C=O) groups is 1. The smallest absolute Gasteiger partial charge is 0.229 e. The minimum absolute atomic E-state index is 0.00340. The van der Waals surface area contributed by atoms with Crippen molar-refractivity contribution < 1.29 is 4.79 Å². The Balaban J connectivity index is 2.13. The molecule has 4 heteroatoms. The average molecular weight is 254 g/mol. The number of hydrogen-bond acceptors (Lipinski definition) is 2. The van der Waals surface area contributed by atoms with Gasteiger partial charge in [0, 0.05) is 12.0 Å². The quantitative estimate of drug-likeness (QED) is 0.769. The van der Waals surface area contributed by atoms with E-state index in [4.69, 9.17) is 18.0 Å². The van der Waals surface area contributed by atoms with E-state index in [1.165, 1.54) is 12.8 Å². The van der Waals surface area contributed by atoms with Crippen LogP contribution in [-0.2, 0) is 4.79 Å². The molecule has 1 aliphatic carbocycles. The van der Waals surface area contributed by atoms with E-state index in [9.17, 15) is 4.79 Å². The van der Waals surface area contributed by atoms with Crippen LogP contribution in [0.25, 0.3) is 0 Å². The van der Waals surface area contributed by atoms with Crippen LogP contribution >= 0.6 is 12.2 Å². The molecule has 0 bridgehead atoms. The highest BCUT2D eigenvalue weighted by molar-refractivity contribution is 7.80. The third-order valence-electron chi connectivity index (χ3n) is 4.32. The Morgan fingerprint density at radius 3 is 2.53 bits per heavy atom. The molecule has 0 spiro atoms. The third-order valence-corrected chi connectivity index (χ3v) is 4.59. The highest BCUT2D eigenvalue weighted by atomic mass is 32.1. The largest absolute Gasteiger partial charge is 0.392 e. The van der Waals surface area contributed by atoms with E-state index in [-0.39, 0.29) is 17.4 Å². The number of rotatable bonds is 2. The van der Waals surface area contributed by atoms with Crippen LogP contribution in [0.4, 0.5) is 0 Å². The summed E-state index contributed by atoms with van der Waals surface area (Å²) >= 11 is 5.11. The first kappa shape index (κ1) is 12.8. The number of thiocarbonyl (C=S) groups is 1. The molecule has 0 aromatic carbocycles. The van der Waals surface area contributed by atoms with E-state index in [0.29, 0.717) is 4.99 Å².